The number of para-hydroxylation sites is 1. The Bertz CT molecular complexity index is 1140. The molecule has 0 aliphatic rings. The largest absolute Gasteiger partial charge is 0.493 e. The second kappa shape index (κ2) is 10.7. The van der Waals surface area contributed by atoms with Gasteiger partial charge in [-0.1, -0.05) is 57.9 Å². The number of carbonyl (C=O) groups is 1. The second-order valence-corrected chi connectivity index (χ2v) is 7.74. The summed E-state index contributed by atoms with van der Waals surface area (Å²) in [6.45, 7) is -0.234. The molecular weight excluding hydrogens is 480 g/mol. The van der Waals surface area contributed by atoms with Gasteiger partial charge in [0, 0.05) is 10.2 Å². The van der Waals surface area contributed by atoms with Gasteiger partial charge < -0.3 is 14.8 Å². The molecule has 0 saturated carbocycles. The number of nitriles is 1. The van der Waals surface area contributed by atoms with Crippen LogP contribution in [0.4, 0.5) is 5.69 Å². The molecule has 3 aromatic carbocycles. The van der Waals surface area contributed by atoms with Gasteiger partial charge in [0.05, 0.1) is 23.8 Å². The molecule has 31 heavy (non-hydrogen) atoms. The quantitative estimate of drug-likeness (QED) is 0.312. The van der Waals surface area contributed by atoms with Crippen LogP contribution in [0.1, 0.15) is 11.1 Å². The van der Waals surface area contributed by atoms with Gasteiger partial charge in [-0.25, -0.2) is 0 Å². The SMILES string of the molecule is COc1cc(/C=C(\C#N)c2ccc(Br)cc2)cc(Cl)c1OCC(=O)Nc1ccccc1. The maximum atomic E-state index is 12.2. The number of nitrogens with one attached hydrogen (secondary N) is 1. The summed E-state index contributed by atoms with van der Waals surface area (Å²) < 4.78 is 11.9. The number of rotatable bonds is 7. The van der Waals surface area contributed by atoms with Crippen LogP contribution in [0.5, 0.6) is 11.5 Å². The van der Waals surface area contributed by atoms with Crippen LogP contribution in [-0.4, -0.2) is 19.6 Å². The Balaban J connectivity index is 1.78. The molecule has 0 unspecified atom stereocenters. The number of amides is 1. The lowest BCUT2D eigenvalue weighted by atomic mass is 10.0. The summed E-state index contributed by atoms with van der Waals surface area (Å²) in [6.07, 6.45) is 1.71. The molecule has 0 fully saturated rings. The van der Waals surface area contributed by atoms with Crippen LogP contribution in [0.2, 0.25) is 5.02 Å². The summed E-state index contributed by atoms with van der Waals surface area (Å²) in [4.78, 5) is 12.2. The number of nitrogens with zero attached hydrogens (tertiary/aromatic N) is 1. The Morgan fingerprint density at radius 1 is 1.16 bits per heavy atom. The average molecular weight is 498 g/mol. The number of allylic oxidation sites excluding steroid dienone is 1. The highest BCUT2D eigenvalue weighted by molar-refractivity contribution is 9.10. The van der Waals surface area contributed by atoms with Gasteiger partial charge in [0.25, 0.3) is 5.91 Å². The number of halogens is 2. The zero-order valence-electron chi connectivity index (χ0n) is 16.6. The molecule has 7 heteroatoms. The predicted molar refractivity (Wildman–Crippen MR) is 126 cm³/mol. The minimum Gasteiger partial charge on any atom is -0.493 e. The van der Waals surface area contributed by atoms with Gasteiger partial charge in [-0.15, -0.1) is 0 Å². The molecule has 1 amide bonds. The van der Waals surface area contributed by atoms with Crippen LogP contribution in [0.15, 0.2) is 71.2 Å². The Hall–Kier alpha value is -3.27. The Morgan fingerprint density at radius 2 is 1.87 bits per heavy atom. The van der Waals surface area contributed by atoms with E-state index in [1.54, 1.807) is 30.3 Å². The summed E-state index contributed by atoms with van der Waals surface area (Å²) in [6, 6.07) is 22.1. The van der Waals surface area contributed by atoms with Crippen molar-refractivity contribution in [3.8, 4) is 17.6 Å². The maximum absolute atomic E-state index is 12.2. The van der Waals surface area contributed by atoms with Gasteiger partial charge in [-0.2, -0.15) is 5.26 Å². The van der Waals surface area contributed by atoms with E-state index < -0.39 is 0 Å². The fraction of sp³-hybridized carbons (Fsp3) is 0.0833. The van der Waals surface area contributed by atoms with Crippen LogP contribution in [0.25, 0.3) is 11.6 Å². The minimum absolute atomic E-state index is 0.234. The highest BCUT2D eigenvalue weighted by Gasteiger charge is 2.14. The van der Waals surface area contributed by atoms with Crippen molar-refractivity contribution in [2.24, 2.45) is 0 Å². The van der Waals surface area contributed by atoms with E-state index in [0.717, 1.165) is 10.0 Å². The zero-order chi connectivity index (χ0) is 22.2. The molecule has 0 atom stereocenters. The summed E-state index contributed by atoms with van der Waals surface area (Å²) in [5.41, 5.74) is 2.59. The fourth-order valence-electron chi connectivity index (χ4n) is 2.80. The van der Waals surface area contributed by atoms with Crippen molar-refractivity contribution in [1.29, 1.82) is 5.26 Å². The van der Waals surface area contributed by atoms with Crippen molar-refractivity contribution < 1.29 is 14.3 Å². The van der Waals surface area contributed by atoms with Crippen LogP contribution in [0, 0.1) is 11.3 Å². The van der Waals surface area contributed by atoms with E-state index in [1.165, 1.54) is 7.11 Å². The standard InChI is InChI=1S/C24H18BrClN2O3/c1-30-22-13-16(11-18(14-27)17-7-9-19(25)10-8-17)12-21(26)24(22)31-15-23(29)28-20-5-3-2-4-6-20/h2-13H,15H2,1H3,(H,28,29)/b18-11+. The van der Waals surface area contributed by atoms with Crippen molar-refractivity contribution in [1.82, 2.24) is 0 Å². The van der Waals surface area contributed by atoms with Crippen molar-refractivity contribution in [2.75, 3.05) is 19.0 Å². The first-order valence-electron chi connectivity index (χ1n) is 9.23. The lowest BCUT2D eigenvalue weighted by molar-refractivity contribution is -0.118. The maximum Gasteiger partial charge on any atom is 0.262 e. The average Bonchev–Trinajstić information content (AvgIpc) is 2.77. The molecule has 156 valence electrons. The lowest BCUT2D eigenvalue weighted by Crippen LogP contribution is -2.20. The van der Waals surface area contributed by atoms with Crippen LogP contribution < -0.4 is 14.8 Å². The lowest BCUT2D eigenvalue weighted by Gasteiger charge is -2.13. The molecule has 0 aliphatic carbocycles. The summed E-state index contributed by atoms with van der Waals surface area (Å²) in [5, 5.41) is 12.6. The summed E-state index contributed by atoms with van der Waals surface area (Å²) in [5.74, 6) is 0.293. The molecule has 0 bridgehead atoms. The topological polar surface area (TPSA) is 71.3 Å². The second-order valence-electron chi connectivity index (χ2n) is 6.41. The van der Waals surface area contributed by atoms with Gasteiger partial charge in [0.1, 0.15) is 0 Å². The van der Waals surface area contributed by atoms with E-state index in [9.17, 15) is 10.1 Å². The molecule has 0 radical (unpaired) electrons. The third-order valence-electron chi connectivity index (χ3n) is 4.24. The number of hydrogen-bond donors (Lipinski definition) is 1. The molecule has 3 rings (SSSR count). The first-order chi connectivity index (χ1) is 15.0. The monoisotopic (exact) mass is 496 g/mol. The van der Waals surface area contributed by atoms with Crippen molar-refractivity contribution >= 4 is 50.8 Å². The number of anilines is 1. The van der Waals surface area contributed by atoms with Gasteiger partial charge in [0.15, 0.2) is 18.1 Å². The van der Waals surface area contributed by atoms with Gasteiger partial charge >= 0.3 is 0 Å². The van der Waals surface area contributed by atoms with Crippen LogP contribution in [-0.2, 0) is 4.79 Å². The highest BCUT2D eigenvalue weighted by Crippen LogP contribution is 2.37. The van der Waals surface area contributed by atoms with Crippen molar-refractivity contribution in [3.63, 3.8) is 0 Å². The fourth-order valence-corrected chi connectivity index (χ4v) is 3.33. The third kappa shape index (κ3) is 6.11. The highest BCUT2D eigenvalue weighted by atomic mass is 79.9. The van der Waals surface area contributed by atoms with E-state index in [-0.39, 0.29) is 23.3 Å². The van der Waals surface area contributed by atoms with E-state index >= 15 is 0 Å². The van der Waals surface area contributed by atoms with Crippen LogP contribution in [0.3, 0.4) is 0 Å². The Morgan fingerprint density at radius 3 is 2.52 bits per heavy atom. The van der Waals surface area contributed by atoms with E-state index in [4.69, 9.17) is 21.1 Å². The van der Waals surface area contributed by atoms with Gasteiger partial charge in [0.2, 0.25) is 0 Å². The molecular formula is C24H18BrClN2O3. The van der Waals surface area contributed by atoms with Crippen molar-refractivity contribution in [3.05, 3.63) is 87.4 Å². The molecule has 0 spiro atoms. The van der Waals surface area contributed by atoms with Crippen molar-refractivity contribution in [2.45, 2.75) is 0 Å². The van der Waals surface area contributed by atoms with Gasteiger partial charge in [-0.3, -0.25) is 4.79 Å². The number of ether oxygens (including phenoxy) is 2. The normalized spacial score (nSPS) is 10.8. The number of hydrogen-bond acceptors (Lipinski definition) is 4. The first kappa shape index (κ1) is 22.4. The summed E-state index contributed by atoms with van der Waals surface area (Å²) >= 11 is 9.78. The van der Waals surface area contributed by atoms with E-state index in [2.05, 4.69) is 27.3 Å². The molecule has 0 saturated heterocycles. The Kier molecular flexibility index (Phi) is 7.71. The minimum atomic E-state index is -0.324. The van der Waals surface area contributed by atoms with E-state index in [1.807, 2.05) is 42.5 Å². The van der Waals surface area contributed by atoms with Crippen LogP contribution >= 0.6 is 27.5 Å². The zero-order valence-corrected chi connectivity index (χ0v) is 18.9. The first-order valence-corrected chi connectivity index (χ1v) is 10.4. The molecule has 5 nitrogen and oxygen atoms in total. The molecule has 3 aromatic rings. The predicted octanol–water partition coefficient (Wildman–Crippen LogP) is 6.19. The molecule has 1 N–H and O–H groups in total. The molecule has 0 heterocycles. The smallest absolute Gasteiger partial charge is 0.262 e. The Labute approximate surface area is 194 Å². The molecule has 0 aliphatic heterocycles. The van der Waals surface area contributed by atoms with E-state index in [0.29, 0.717) is 22.6 Å². The number of benzene rings is 3. The molecule has 0 aromatic heterocycles. The van der Waals surface area contributed by atoms with Gasteiger partial charge in [-0.05, 0) is 53.6 Å². The third-order valence-corrected chi connectivity index (χ3v) is 5.05. The number of methoxy groups -OCH3 is 1. The number of carbonyl (C=O) groups excluding carboxylic acids is 1. The summed E-state index contributed by atoms with van der Waals surface area (Å²) in [7, 11) is 1.48.